The molecule has 4 heteroatoms. The molecule has 0 saturated carbocycles. The van der Waals surface area contributed by atoms with Crippen molar-refractivity contribution in [1.29, 1.82) is 0 Å². The number of aliphatic carboxylic acids is 1. The molecule has 2 N–H and O–H groups in total. The van der Waals surface area contributed by atoms with E-state index in [0.717, 1.165) is 32.4 Å². The molecule has 4 nitrogen and oxygen atoms in total. The van der Waals surface area contributed by atoms with Crippen molar-refractivity contribution in [1.82, 2.24) is 4.90 Å². The smallest absolute Gasteiger partial charge is 0.308 e. The molecule has 0 bridgehead atoms. The van der Waals surface area contributed by atoms with Crippen molar-refractivity contribution in [3.05, 3.63) is 0 Å². The van der Waals surface area contributed by atoms with E-state index in [-0.39, 0.29) is 18.6 Å². The molecule has 82 valence electrons. The SMILES string of the molecule is CC1C(C(=O)O)CCN1CCCCO. The second-order valence-corrected chi connectivity index (χ2v) is 3.94. The van der Waals surface area contributed by atoms with Crippen LogP contribution in [0.1, 0.15) is 26.2 Å². The van der Waals surface area contributed by atoms with E-state index < -0.39 is 5.97 Å². The molecule has 1 aliphatic rings. The normalized spacial score (nSPS) is 28.1. The van der Waals surface area contributed by atoms with Gasteiger partial charge in [0.05, 0.1) is 5.92 Å². The van der Waals surface area contributed by atoms with Gasteiger partial charge in [0.2, 0.25) is 0 Å². The molecule has 0 aliphatic carbocycles. The molecule has 1 heterocycles. The van der Waals surface area contributed by atoms with Crippen LogP contribution in [0.15, 0.2) is 0 Å². The van der Waals surface area contributed by atoms with Gasteiger partial charge in [0.25, 0.3) is 0 Å². The van der Waals surface area contributed by atoms with E-state index in [0.29, 0.717) is 0 Å². The number of nitrogens with zero attached hydrogens (tertiary/aromatic N) is 1. The van der Waals surface area contributed by atoms with Gasteiger partial charge < -0.3 is 10.2 Å². The van der Waals surface area contributed by atoms with Gasteiger partial charge in [-0.05, 0) is 39.3 Å². The van der Waals surface area contributed by atoms with Gasteiger partial charge in [-0.25, -0.2) is 0 Å². The Morgan fingerprint density at radius 1 is 1.50 bits per heavy atom. The van der Waals surface area contributed by atoms with Crippen molar-refractivity contribution < 1.29 is 15.0 Å². The summed E-state index contributed by atoms with van der Waals surface area (Å²) in [5.41, 5.74) is 0. The van der Waals surface area contributed by atoms with Crippen LogP contribution < -0.4 is 0 Å². The van der Waals surface area contributed by atoms with Crippen LogP contribution in [0.4, 0.5) is 0 Å². The van der Waals surface area contributed by atoms with Crippen LogP contribution in [0, 0.1) is 5.92 Å². The lowest BCUT2D eigenvalue weighted by atomic mass is 10.0. The first-order valence-corrected chi connectivity index (χ1v) is 5.24. The number of hydrogen-bond acceptors (Lipinski definition) is 3. The van der Waals surface area contributed by atoms with Gasteiger partial charge >= 0.3 is 5.97 Å². The lowest BCUT2D eigenvalue weighted by Gasteiger charge is -2.22. The summed E-state index contributed by atoms with van der Waals surface area (Å²) >= 11 is 0. The minimum absolute atomic E-state index is 0.145. The summed E-state index contributed by atoms with van der Waals surface area (Å²) in [6, 6.07) is 0.145. The second-order valence-electron chi connectivity index (χ2n) is 3.94. The molecule has 14 heavy (non-hydrogen) atoms. The molecule has 0 aromatic carbocycles. The Morgan fingerprint density at radius 2 is 2.21 bits per heavy atom. The maximum atomic E-state index is 10.8. The highest BCUT2D eigenvalue weighted by Crippen LogP contribution is 2.24. The maximum absolute atomic E-state index is 10.8. The van der Waals surface area contributed by atoms with Crippen molar-refractivity contribution in [2.45, 2.75) is 32.2 Å². The number of unbranched alkanes of at least 4 members (excludes halogenated alkanes) is 1. The number of likely N-dealkylation sites (tertiary alicyclic amines) is 1. The van der Waals surface area contributed by atoms with E-state index in [1.807, 2.05) is 6.92 Å². The van der Waals surface area contributed by atoms with Crippen molar-refractivity contribution in [3.63, 3.8) is 0 Å². The Kier molecular flexibility index (Phi) is 4.35. The minimum Gasteiger partial charge on any atom is -0.481 e. The Hall–Kier alpha value is -0.610. The van der Waals surface area contributed by atoms with Crippen molar-refractivity contribution in [3.8, 4) is 0 Å². The van der Waals surface area contributed by atoms with E-state index in [9.17, 15) is 4.79 Å². The molecule has 1 rings (SSSR count). The zero-order valence-electron chi connectivity index (χ0n) is 8.65. The molecule has 0 spiro atoms. The van der Waals surface area contributed by atoms with Crippen LogP contribution in [0.2, 0.25) is 0 Å². The Morgan fingerprint density at radius 3 is 2.71 bits per heavy atom. The summed E-state index contributed by atoms with van der Waals surface area (Å²) < 4.78 is 0. The first-order chi connectivity index (χ1) is 6.66. The average Bonchev–Trinajstić information content (AvgIpc) is 2.48. The van der Waals surface area contributed by atoms with Crippen molar-refractivity contribution in [2.24, 2.45) is 5.92 Å². The number of carboxylic acid groups (broad SMARTS) is 1. The summed E-state index contributed by atoms with van der Waals surface area (Å²) in [6.45, 7) is 3.99. The lowest BCUT2D eigenvalue weighted by Crippen LogP contribution is -2.33. The van der Waals surface area contributed by atoms with E-state index in [2.05, 4.69) is 4.90 Å². The van der Waals surface area contributed by atoms with Crippen LogP contribution in [-0.2, 0) is 4.79 Å². The van der Waals surface area contributed by atoms with Gasteiger partial charge in [-0.15, -0.1) is 0 Å². The third-order valence-corrected chi connectivity index (χ3v) is 3.06. The first kappa shape index (κ1) is 11.5. The molecular weight excluding hydrogens is 182 g/mol. The van der Waals surface area contributed by atoms with Gasteiger partial charge in [-0.2, -0.15) is 0 Å². The van der Waals surface area contributed by atoms with Crippen LogP contribution in [0.5, 0.6) is 0 Å². The minimum atomic E-state index is -0.679. The second kappa shape index (κ2) is 5.32. The Balaban J connectivity index is 2.32. The van der Waals surface area contributed by atoms with Crippen LogP contribution in [0.3, 0.4) is 0 Å². The molecule has 2 unspecified atom stereocenters. The van der Waals surface area contributed by atoms with Crippen LogP contribution in [-0.4, -0.2) is 46.8 Å². The zero-order chi connectivity index (χ0) is 10.6. The monoisotopic (exact) mass is 201 g/mol. The number of hydrogen-bond donors (Lipinski definition) is 2. The summed E-state index contributed by atoms with van der Waals surface area (Å²) in [5.74, 6) is -0.883. The predicted octanol–water partition coefficient (Wildman–Crippen LogP) is 0.554. The lowest BCUT2D eigenvalue weighted by molar-refractivity contribution is -0.142. The summed E-state index contributed by atoms with van der Waals surface area (Å²) in [6.07, 6.45) is 2.52. The topological polar surface area (TPSA) is 60.8 Å². The average molecular weight is 201 g/mol. The summed E-state index contributed by atoms with van der Waals surface area (Å²) in [4.78, 5) is 13.0. The standard InChI is InChI=1S/C10H19NO3/c1-8-9(10(13)14)4-6-11(8)5-2-3-7-12/h8-9,12H,2-7H2,1H3,(H,13,14). The van der Waals surface area contributed by atoms with Crippen LogP contribution >= 0.6 is 0 Å². The number of carboxylic acids is 1. The number of carbonyl (C=O) groups is 1. The molecule has 1 aliphatic heterocycles. The summed E-state index contributed by atoms with van der Waals surface area (Å²) in [5, 5.41) is 17.5. The Bertz CT molecular complexity index is 196. The molecule has 0 amide bonds. The Labute approximate surface area is 84.5 Å². The van der Waals surface area contributed by atoms with Crippen molar-refractivity contribution >= 4 is 5.97 Å². The highest BCUT2D eigenvalue weighted by Gasteiger charge is 2.34. The van der Waals surface area contributed by atoms with Gasteiger partial charge in [0.1, 0.15) is 0 Å². The van der Waals surface area contributed by atoms with E-state index in [1.165, 1.54) is 0 Å². The molecular formula is C10H19NO3. The molecule has 2 atom stereocenters. The van der Waals surface area contributed by atoms with Crippen LogP contribution in [0.25, 0.3) is 0 Å². The molecule has 0 radical (unpaired) electrons. The quantitative estimate of drug-likeness (QED) is 0.638. The number of rotatable bonds is 5. The molecule has 1 saturated heterocycles. The van der Waals surface area contributed by atoms with Gasteiger partial charge in [0.15, 0.2) is 0 Å². The van der Waals surface area contributed by atoms with E-state index in [4.69, 9.17) is 10.2 Å². The van der Waals surface area contributed by atoms with Gasteiger partial charge in [0, 0.05) is 12.6 Å². The number of aliphatic hydroxyl groups excluding tert-OH is 1. The van der Waals surface area contributed by atoms with E-state index >= 15 is 0 Å². The first-order valence-electron chi connectivity index (χ1n) is 5.24. The maximum Gasteiger partial charge on any atom is 0.308 e. The highest BCUT2D eigenvalue weighted by atomic mass is 16.4. The number of aliphatic hydroxyl groups is 1. The molecule has 0 aromatic rings. The third kappa shape index (κ3) is 2.69. The fourth-order valence-electron chi connectivity index (χ4n) is 2.08. The zero-order valence-corrected chi connectivity index (χ0v) is 8.65. The molecule has 0 aromatic heterocycles. The fraction of sp³-hybridized carbons (Fsp3) is 0.900. The third-order valence-electron chi connectivity index (χ3n) is 3.06. The predicted molar refractivity (Wildman–Crippen MR) is 53.1 cm³/mol. The van der Waals surface area contributed by atoms with E-state index in [1.54, 1.807) is 0 Å². The van der Waals surface area contributed by atoms with Gasteiger partial charge in [-0.3, -0.25) is 9.69 Å². The summed E-state index contributed by atoms with van der Waals surface area (Å²) in [7, 11) is 0. The molecule has 1 fully saturated rings. The fourth-order valence-corrected chi connectivity index (χ4v) is 2.08. The highest BCUT2D eigenvalue weighted by molar-refractivity contribution is 5.71. The van der Waals surface area contributed by atoms with Crippen molar-refractivity contribution in [2.75, 3.05) is 19.7 Å². The van der Waals surface area contributed by atoms with Gasteiger partial charge in [-0.1, -0.05) is 0 Å². The largest absolute Gasteiger partial charge is 0.481 e.